The van der Waals surface area contributed by atoms with Crippen molar-refractivity contribution in [1.82, 2.24) is 14.6 Å². The summed E-state index contributed by atoms with van der Waals surface area (Å²) in [6.07, 6.45) is 1.95. The highest BCUT2D eigenvalue weighted by atomic mass is 32.3. The van der Waals surface area contributed by atoms with Crippen LogP contribution in [0.15, 0.2) is 35.4 Å². The number of hydrogen-bond acceptors (Lipinski definition) is 7. The number of piperazine rings is 1. The summed E-state index contributed by atoms with van der Waals surface area (Å²) in [4.78, 5) is 17.9. The van der Waals surface area contributed by atoms with Gasteiger partial charge in [0.25, 0.3) is 0 Å². The lowest BCUT2D eigenvalue weighted by molar-refractivity contribution is -0.123. The van der Waals surface area contributed by atoms with E-state index in [1.165, 1.54) is 0 Å². The van der Waals surface area contributed by atoms with Crippen LogP contribution in [0.2, 0.25) is 0 Å². The van der Waals surface area contributed by atoms with Gasteiger partial charge in [0.2, 0.25) is 5.91 Å². The van der Waals surface area contributed by atoms with Gasteiger partial charge in [-0.1, -0.05) is 30.4 Å². The predicted molar refractivity (Wildman–Crippen MR) is 132 cm³/mol. The minimum atomic E-state index is -2.62. The second-order valence-corrected chi connectivity index (χ2v) is 11.5. The van der Waals surface area contributed by atoms with E-state index in [4.69, 9.17) is 18.6 Å². The zero-order valence-electron chi connectivity index (χ0n) is 19.1. The first-order valence-electron chi connectivity index (χ1n) is 11.4. The Morgan fingerprint density at radius 2 is 2.12 bits per heavy atom. The van der Waals surface area contributed by atoms with Crippen molar-refractivity contribution >= 4 is 33.2 Å². The van der Waals surface area contributed by atoms with Crippen LogP contribution in [0.5, 0.6) is 0 Å². The van der Waals surface area contributed by atoms with Gasteiger partial charge in [-0.3, -0.25) is 13.9 Å². The van der Waals surface area contributed by atoms with E-state index in [0.717, 1.165) is 42.6 Å². The molecule has 188 valence electrons. The predicted octanol–water partition coefficient (Wildman–Crippen LogP) is 1.85. The van der Waals surface area contributed by atoms with E-state index in [0.29, 0.717) is 37.6 Å². The van der Waals surface area contributed by atoms with Gasteiger partial charge < -0.3 is 20.1 Å². The number of aromatic nitrogens is 1. The van der Waals surface area contributed by atoms with Gasteiger partial charge in [-0.25, -0.2) is 4.98 Å². The molecular formula is C22H33FN4O5S2+2. The molecule has 4 rings (SSSR count). The molecule has 2 saturated heterocycles. The lowest BCUT2D eigenvalue weighted by atomic mass is 9.90. The van der Waals surface area contributed by atoms with Crippen LogP contribution in [0.1, 0.15) is 31.2 Å². The monoisotopic (exact) mass is 516 g/mol. The summed E-state index contributed by atoms with van der Waals surface area (Å²) in [6.45, 7) is 5.95. The third kappa shape index (κ3) is 5.94. The van der Waals surface area contributed by atoms with Gasteiger partial charge >= 0.3 is 0 Å². The summed E-state index contributed by atoms with van der Waals surface area (Å²) in [6, 6.07) is 7.18. The van der Waals surface area contributed by atoms with Crippen molar-refractivity contribution < 1.29 is 27.8 Å². The van der Waals surface area contributed by atoms with Crippen molar-refractivity contribution in [3.8, 4) is 0 Å². The smallest absolute Gasteiger partial charge is 0.236 e. The highest BCUT2D eigenvalue weighted by Crippen LogP contribution is 2.51. The molecule has 1 aromatic heterocycles. The molecule has 34 heavy (non-hydrogen) atoms. The first-order valence-corrected chi connectivity index (χ1v) is 13.8. The van der Waals surface area contributed by atoms with Crippen molar-refractivity contribution in [3.05, 3.63) is 41.2 Å². The molecule has 2 aromatic rings. The average Bonchev–Trinajstić information content (AvgIpc) is 3.51. The number of rotatable bonds is 9. The normalized spacial score (nSPS) is 21.8. The van der Waals surface area contributed by atoms with Crippen molar-refractivity contribution in [2.45, 2.75) is 42.8 Å². The molecule has 3 atom stereocenters. The highest BCUT2D eigenvalue weighted by molar-refractivity contribution is 8.22. The molecule has 2 aliphatic heterocycles. The second-order valence-electron chi connectivity index (χ2n) is 8.33. The van der Waals surface area contributed by atoms with E-state index in [1.54, 1.807) is 12.1 Å². The largest absolute Gasteiger partial charge is 0.379 e. The molecule has 1 aromatic carbocycles. The molecule has 2 unspecified atom stereocenters. The number of carbonyl (C=O) groups is 1. The maximum atomic E-state index is 13.4. The zero-order valence-corrected chi connectivity index (χ0v) is 20.7. The quantitative estimate of drug-likeness (QED) is 0.491. The average molecular weight is 517 g/mol. The highest BCUT2D eigenvalue weighted by Gasteiger charge is 2.36. The Morgan fingerprint density at radius 1 is 1.38 bits per heavy atom. The van der Waals surface area contributed by atoms with E-state index in [9.17, 15) is 9.18 Å². The molecule has 9 nitrogen and oxygen atoms in total. The molecule has 12 heteroatoms. The summed E-state index contributed by atoms with van der Waals surface area (Å²) < 4.78 is 44.5. The molecule has 0 aliphatic carbocycles. The molecule has 1 amide bonds. The van der Waals surface area contributed by atoms with Crippen LogP contribution in [-0.4, -0.2) is 75.9 Å². The van der Waals surface area contributed by atoms with Crippen molar-refractivity contribution in [3.63, 3.8) is 0 Å². The third-order valence-corrected chi connectivity index (χ3v) is 8.86. The van der Waals surface area contributed by atoms with E-state index in [1.807, 2.05) is 23.4 Å². The number of thiazole rings is 1. The van der Waals surface area contributed by atoms with E-state index in [-0.39, 0.29) is 17.1 Å². The molecule has 2 aliphatic rings. The fourth-order valence-electron chi connectivity index (χ4n) is 4.25. The van der Waals surface area contributed by atoms with Gasteiger partial charge in [0, 0.05) is 32.8 Å². The molecule has 2 fully saturated rings. The number of hydrogen-bond donors (Lipinski definition) is 2. The third-order valence-electron chi connectivity index (χ3n) is 6.06. The van der Waals surface area contributed by atoms with Gasteiger partial charge in [-0.05, 0) is 30.5 Å². The molecule has 6 N–H and O–H groups in total. The molecule has 0 saturated carbocycles. The van der Waals surface area contributed by atoms with Crippen LogP contribution in [0, 0.1) is 5.13 Å². The van der Waals surface area contributed by atoms with Crippen LogP contribution in [0.4, 0.5) is 9.52 Å². The number of anilines is 1. The summed E-state index contributed by atoms with van der Waals surface area (Å²) in [5, 5.41) is 5.71. The maximum absolute atomic E-state index is 13.4. The second kappa shape index (κ2) is 11.4. The molecular weight excluding hydrogens is 483 g/mol. The minimum absolute atomic E-state index is 0.0804. The van der Waals surface area contributed by atoms with Crippen molar-refractivity contribution in [2.24, 2.45) is 0 Å². The number of nitrogens with zero attached hydrogens (tertiary/aromatic N) is 2. The summed E-state index contributed by atoms with van der Waals surface area (Å²) in [5.41, 5.74) is 0.722. The molecule has 0 bridgehead atoms. The Balaban J connectivity index is 1.58. The Bertz CT molecular complexity index is 949. The number of nitrogens with one attached hydrogen (secondary N) is 2. The number of carbonyl (C=O) groups excluding carboxylic acids is 1. The standard InChI is InChI=1S/C22H31FN4O5S2/c1-2-18(32-16-7-12-31-14-16)20(21(28)26-22-25-13-19(23)33-22)15-3-5-17(6-4-15)34(29,30)27-10-8-24-9-11-27/h3-6,13,16,18,20,24,29-30H,2,7-12,14H2,1H3,(H,25,26,28)/p+2/t16-,18?,20?/m1/s1. The van der Waals surface area contributed by atoms with Gasteiger partial charge in [-0.15, -0.1) is 4.31 Å². The van der Waals surface area contributed by atoms with Crippen LogP contribution in [0.3, 0.4) is 0 Å². The van der Waals surface area contributed by atoms with Crippen LogP contribution >= 0.6 is 22.1 Å². The van der Waals surface area contributed by atoms with Crippen molar-refractivity contribution in [2.75, 3.05) is 44.7 Å². The van der Waals surface area contributed by atoms with E-state index in [2.05, 4.69) is 15.6 Å². The summed E-state index contributed by atoms with van der Waals surface area (Å²) in [7, 11) is -2.62. The fourth-order valence-corrected chi connectivity index (χ4v) is 6.35. The number of amides is 1. The molecule has 0 radical (unpaired) electrons. The summed E-state index contributed by atoms with van der Waals surface area (Å²) in [5.74, 6) is -0.989. The lowest BCUT2D eigenvalue weighted by Gasteiger charge is -2.37. The Kier molecular flexibility index (Phi) is 8.53. The van der Waals surface area contributed by atoms with Crippen LogP contribution < -0.4 is 10.6 Å². The first kappa shape index (κ1) is 25.5. The summed E-state index contributed by atoms with van der Waals surface area (Å²) >= 11 is 0.775. The maximum Gasteiger partial charge on any atom is 0.236 e. The van der Waals surface area contributed by atoms with Crippen molar-refractivity contribution in [1.29, 1.82) is 0 Å². The molecule has 0 spiro atoms. The number of benzene rings is 1. The van der Waals surface area contributed by atoms with E-state index >= 15 is 0 Å². The topological polar surface area (TPSA) is 122 Å². The lowest BCUT2D eigenvalue weighted by Crippen LogP contribution is -2.44. The van der Waals surface area contributed by atoms with Gasteiger partial charge in [-0.2, -0.15) is 4.39 Å². The Labute approximate surface area is 204 Å². The molecule has 3 heterocycles. The number of ether oxygens (including phenoxy) is 2. The van der Waals surface area contributed by atoms with Gasteiger partial charge in [0.05, 0.1) is 41.7 Å². The van der Waals surface area contributed by atoms with Crippen LogP contribution in [0.25, 0.3) is 0 Å². The van der Waals surface area contributed by atoms with Crippen LogP contribution in [-0.2, 0) is 14.3 Å². The first-order chi connectivity index (χ1) is 16.4. The fraction of sp³-hybridized carbons (Fsp3) is 0.545. The number of halogens is 1. The Morgan fingerprint density at radius 3 is 2.71 bits per heavy atom. The zero-order chi connectivity index (χ0) is 24.1. The van der Waals surface area contributed by atoms with E-state index < -0.39 is 27.9 Å². The SMILES string of the molecule is CCC(O[C@@H]1CCOC1)C(C(=O)Nc1ncc(F)s1)c1ccc(S([OH2+])([OH2+])N2CCNCC2)cc1. The van der Waals surface area contributed by atoms with Gasteiger partial charge in [0.1, 0.15) is 0 Å². The van der Waals surface area contributed by atoms with Gasteiger partial charge in [0.15, 0.2) is 15.2 Å². The minimum Gasteiger partial charge on any atom is -0.379 e. The Hall–Kier alpha value is -1.64.